The molecular formula is C18H22ClNO3. The third-order valence-corrected chi connectivity index (χ3v) is 3.71. The number of halogens is 1. The van der Waals surface area contributed by atoms with Crippen LogP contribution in [0.15, 0.2) is 42.5 Å². The van der Waals surface area contributed by atoms with Crippen LogP contribution < -0.4 is 14.8 Å². The Hall–Kier alpha value is -1.75. The van der Waals surface area contributed by atoms with Crippen LogP contribution in [0, 0.1) is 0 Å². The van der Waals surface area contributed by atoms with Crippen molar-refractivity contribution >= 4 is 11.6 Å². The van der Waals surface area contributed by atoms with Crippen molar-refractivity contribution in [3.8, 4) is 11.5 Å². The zero-order valence-corrected chi connectivity index (χ0v) is 14.1. The lowest BCUT2D eigenvalue weighted by Crippen LogP contribution is -2.23. The van der Waals surface area contributed by atoms with Crippen molar-refractivity contribution in [1.29, 1.82) is 0 Å². The third kappa shape index (κ3) is 5.43. The number of ether oxygens (including phenoxy) is 2. The molecule has 0 unspecified atom stereocenters. The number of hydrogen-bond acceptors (Lipinski definition) is 4. The molecule has 0 saturated heterocycles. The van der Waals surface area contributed by atoms with E-state index in [0.29, 0.717) is 36.2 Å². The van der Waals surface area contributed by atoms with Crippen molar-refractivity contribution in [3.05, 3.63) is 58.6 Å². The Morgan fingerprint density at radius 1 is 1.17 bits per heavy atom. The van der Waals surface area contributed by atoms with Crippen LogP contribution in [0.2, 0.25) is 5.02 Å². The molecule has 0 aliphatic carbocycles. The van der Waals surface area contributed by atoms with E-state index in [4.69, 9.17) is 21.1 Å². The van der Waals surface area contributed by atoms with Gasteiger partial charge in [-0.05, 0) is 30.7 Å². The van der Waals surface area contributed by atoms with Crippen molar-refractivity contribution < 1.29 is 14.6 Å². The Morgan fingerprint density at radius 3 is 2.65 bits per heavy atom. The van der Waals surface area contributed by atoms with Gasteiger partial charge >= 0.3 is 0 Å². The number of nitrogens with one attached hydrogen (secondary N) is 1. The Balaban J connectivity index is 2.00. The molecule has 124 valence electrons. The van der Waals surface area contributed by atoms with Gasteiger partial charge in [-0.25, -0.2) is 0 Å². The van der Waals surface area contributed by atoms with Crippen LogP contribution in [0.5, 0.6) is 11.5 Å². The van der Waals surface area contributed by atoms with Crippen molar-refractivity contribution in [2.24, 2.45) is 0 Å². The average Bonchev–Trinajstić information content (AvgIpc) is 2.54. The van der Waals surface area contributed by atoms with Crippen molar-refractivity contribution in [1.82, 2.24) is 5.32 Å². The van der Waals surface area contributed by atoms with E-state index in [9.17, 15) is 5.11 Å². The van der Waals surface area contributed by atoms with Crippen LogP contribution in [-0.2, 0) is 13.2 Å². The molecular weight excluding hydrogens is 314 g/mol. The molecule has 0 saturated carbocycles. The van der Waals surface area contributed by atoms with Crippen molar-refractivity contribution in [3.63, 3.8) is 0 Å². The van der Waals surface area contributed by atoms with Crippen molar-refractivity contribution in [2.45, 2.75) is 26.2 Å². The first-order chi connectivity index (χ1) is 11.1. The van der Waals surface area contributed by atoms with Gasteiger partial charge in [-0.1, -0.05) is 35.9 Å². The Kier molecular flexibility index (Phi) is 6.71. The number of aliphatic hydroxyl groups is 1. The first-order valence-corrected chi connectivity index (χ1v) is 7.90. The summed E-state index contributed by atoms with van der Waals surface area (Å²) in [5.74, 6) is 1.35. The lowest BCUT2D eigenvalue weighted by atomic mass is 10.2. The monoisotopic (exact) mass is 335 g/mol. The summed E-state index contributed by atoms with van der Waals surface area (Å²) in [7, 11) is 1.62. The van der Waals surface area contributed by atoms with Gasteiger partial charge in [0, 0.05) is 23.7 Å². The predicted octanol–water partition coefficient (Wildman–Crippen LogP) is 3.40. The van der Waals surface area contributed by atoms with E-state index in [2.05, 4.69) is 5.32 Å². The van der Waals surface area contributed by atoms with Gasteiger partial charge in [0.05, 0.1) is 13.2 Å². The average molecular weight is 336 g/mol. The molecule has 2 N–H and O–H groups in total. The molecule has 0 bridgehead atoms. The van der Waals surface area contributed by atoms with Crippen LogP contribution in [0.1, 0.15) is 18.1 Å². The molecule has 0 fully saturated rings. The molecule has 2 rings (SSSR count). The van der Waals surface area contributed by atoms with Gasteiger partial charge in [-0.15, -0.1) is 0 Å². The number of benzene rings is 2. The standard InChI is InChI=1S/C18H22ClNO3/c1-13(21)10-20-11-14-7-8-17(18(9-14)22-2)23-12-15-5-3-4-6-16(15)19/h3-9,13,20-21H,10-12H2,1-2H3/t13-/m1/s1. The normalized spacial score (nSPS) is 12.0. The quantitative estimate of drug-likeness (QED) is 0.776. The highest BCUT2D eigenvalue weighted by atomic mass is 35.5. The molecule has 2 aromatic rings. The molecule has 0 aliphatic heterocycles. The van der Waals surface area contributed by atoms with E-state index in [-0.39, 0.29) is 6.10 Å². The third-order valence-electron chi connectivity index (χ3n) is 3.34. The van der Waals surface area contributed by atoms with Gasteiger partial charge in [0.2, 0.25) is 0 Å². The van der Waals surface area contributed by atoms with Crippen LogP contribution in [0.4, 0.5) is 0 Å². The lowest BCUT2D eigenvalue weighted by Gasteiger charge is -2.13. The largest absolute Gasteiger partial charge is 0.493 e. The zero-order valence-electron chi connectivity index (χ0n) is 13.4. The smallest absolute Gasteiger partial charge is 0.161 e. The maximum absolute atomic E-state index is 9.26. The number of rotatable bonds is 8. The lowest BCUT2D eigenvalue weighted by molar-refractivity contribution is 0.191. The molecule has 0 radical (unpaired) electrons. The SMILES string of the molecule is COc1cc(CNC[C@@H](C)O)ccc1OCc1ccccc1Cl. The van der Waals surface area contributed by atoms with E-state index < -0.39 is 0 Å². The van der Waals surface area contributed by atoms with Gasteiger partial charge < -0.3 is 19.9 Å². The predicted molar refractivity (Wildman–Crippen MR) is 92.2 cm³/mol. The topological polar surface area (TPSA) is 50.7 Å². The van der Waals surface area contributed by atoms with Gasteiger partial charge in [-0.2, -0.15) is 0 Å². The molecule has 0 amide bonds. The van der Waals surface area contributed by atoms with Crippen LogP contribution in [-0.4, -0.2) is 24.9 Å². The minimum absolute atomic E-state index is 0.366. The second-order valence-electron chi connectivity index (χ2n) is 5.35. The zero-order chi connectivity index (χ0) is 16.7. The fourth-order valence-electron chi connectivity index (χ4n) is 2.14. The van der Waals surface area contributed by atoms with E-state index in [1.165, 1.54) is 0 Å². The number of methoxy groups -OCH3 is 1. The van der Waals surface area contributed by atoms with E-state index in [1.54, 1.807) is 14.0 Å². The summed E-state index contributed by atoms with van der Waals surface area (Å²) in [5, 5.41) is 13.1. The molecule has 5 heteroatoms. The summed E-state index contributed by atoms with van der Waals surface area (Å²) < 4.78 is 11.2. The first kappa shape index (κ1) is 17.6. The molecule has 0 heterocycles. The molecule has 4 nitrogen and oxygen atoms in total. The molecule has 23 heavy (non-hydrogen) atoms. The summed E-state index contributed by atoms with van der Waals surface area (Å²) in [4.78, 5) is 0. The summed E-state index contributed by atoms with van der Waals surface area (Å²) in [6.45, 7) is 3.34. The van der Waals surface area contributed by atoms with Crippen LogP contribution in [0.25, 0.3) is 0 Å². The maximum atomic E-state index is 9.26. The summed E-state index contributed by atoms with van der Waals surface area (Å²) >= 11 is 6.13. The molecule has 2 aromatic carbocycles. The minimum Gasteiger partial charge on any atom is -0.493 e. The maximum Gasteiger partial charge on any atom is 0.161 e. The highest BCUT2D eigenvalue weighted by Crippen LogP contribution is 2.29. The molecule has 0 aromatic heterocycles. The number of hydrogen-bond donors (Lipinski definition) is 2. The van der Waals surface area contributed by atoms with Gasteiger partial charge in [0.1, 0.15) is 6.61 Å². The number of aliphatic hydroxyl groups excluding tert-OH is 1. The highest BCUT2D eigenvalue weighted by molar-refractivity contribution is 6.31. The summed E-state index contributed by atoms with van der Waals surface area (Å²) in [6, 6.07) is 13.4. The Labute approximate surface area is 142 Å². The van der Waals surface area contributed by atoms with Gasteiger partial charge in [0.15, 0.2) is 11.5 Å². The highest BCUT2D eigenvalue weighted by Gasteiger charge is 2.08. The van der Waals surface area contributed by atoms with Crippen molar-refractivity contribution in [2.75, 3.05) is 13.7 Å². The molecule has 0 aliphatic rings. The summed E-state index contributed by atoms with van der Waals surface area (Å²) in [6.07, 6.45) is -0.366. The van der Waals surface area contributed by atoms with Gasteiger partial charge in [0.25, 0.3) is 0 Å². The van der Waals surface area contributed by atoms with E-state index in [0.717, 1.165) is 11.1 Å². The van der Waals surface area contributed by atoms with E-state index in [1.807, 2.05) is 42.5 Å². The molecule has 0 spiro atoms. The van der Waals surface area contributed by atoms with E-state index >= 15 is 0 Å². The minimum atomic E-state index is -0.366. The van der Waals surface area contributed by atoms with Crippen LogP contribution in [0.3, 0.4) is 0 Å². The second-order valence-corrected chi connectivity index (χ2v) is 5.75. The fourth-order valence-corrected chi connectivity index (χ4v) is 2.33. The second kappa shape index (κ2) is 8.77. The fraction of sp³-hybridized carbons (Fsp3) is 0.333. The Morgan fingerprint density at radius 2 is 1.96 bits per heavy atom. The Bertz CT molecular complexity index is 631. The van der Waals surface area contributed by atoms with Crippen LogP contribution >= 0.6 is 11.6 Å². The molecule has 1 atom stereocenters. The summed E-state index contributed by atoms with van der Waals surface area (Å²) in [5.41, 5.74) is 1.99. The van der Waals surface area contributed by atoms with Gasteiger partial charge in [-0.3, -0.25) is 0 Å². The first-order valence-electron chi connectivity index (χ1n) is 7.52.